The van der Waals surface area contributed by atoms with Gasteiger partial charge in [-0.3, -0.25) is 14.9 Å². The average molecular weight is 329 g/mol. The van der Waals surface area contributed by atoms with Gasteiger partial charge in [0.05, 0.1) is 17.7 Å². The van der Waals surface area contributed by atoms with Crippen LogP contribution in [-0.2, 0) is 0 Å². The number of nitro benzene ring substituents is 1. The van der Waals surface area contributed by atoms with E-state index < -0.39 is 10.8 Å². The summed E-state index contributed by atoms with van der Waals surface area (Å²) in [6.07, 6.45) is 1.34. The van der Waals surface area contributed by atoms with Crippen LogP contribution in [0.4, 0.5) is 5.69 Å². The molecule has 2 aromatic carbocycles. The first-order valence-electron chi connectivity index (χ1n) is 7.05. The molecule has 8 heteroatoms. The highest BCUT2D eigenvalue weighted by Crippen LogP contribution is 2.26. The summed E-state index contributed by atoms with van der Waals surface area (Å²) in [5.74, 6) is -0.397. The van der Waals surface area contributed by atoms with E-state index in [2.05, 4.69) is 10.5 Å². The minimum atomic E-state index is -0.692. The molecule has 2 N–H and O–H groups in total. The quantitative estimate of drug-likeness (QED) is 0.480. The van der Waals surface area contributed by atoms with E-state index in [1.54, 1.807) is 19.1 Å². The summed E-state index contributed by atoms with van der Waals surface area (Å²) >= 11 is 0. The predicted octanol–water partition coefficient (Wildman–Crippen LogP) is 2.46. The Hall–Kier alpha value is -3.42. The fourth-order valence-electron chi connectivity index (χ4n) is 1.93. The number of phenolic OH excluding ortho intramolecular Hbond substituents is 1. The molecule has 0 aliphatic heterocycles. The third-order valence-corrected chi connectivity index (χ3v) is 3.01. The van der Waals surface area contributed by atoms with Crippen molar-refractivity contribution in [3.8, 4) is 11.5 Å². The number of aromatic hydroxyl groups is 1. The van der Waals surface area contributed by atoms with Crippen LogP contribution in [0.1, 0.15) is 22.8 Å². The number of phenols is 1. The molecule has 0 atom stereocenters. The Balaban J connectivity index is 2.11. The van der Waals surface area contributed by atoms with Gasteiger partial charge in [-0.05, 0) is 36.8 Å². The molecule has 1 amide bonds. The van der Waals surface area contributed by atoms with Gasteiger partial charge in [-0.2, -0.15) is 5.10 Å². The number of hydrogen-bond acceptors (Lipinski definition) is 6. The molecule has 0 bridgehead atoms. The van der Waals surface area contributed by atoms with Crippen molar-refractivity contribution in [1.29, 1.82) is 0 Å². The second kappa shape index (κ2) is 7.73. The van der Waals surface area contributed by atoms with Crippen molar-refractivity contribution in [1.82, 2.24) is 5.43 Å². The Morgan fingerprint density at radius 1 is 1.38 bits per heavy atom. The van der Waals surface area contributed by atoms with Crippen LogP contribution in [0.5, 0.6) is 11.5 Å². The lowest BCUT2D eigenvalue weighted by Crippen LogP contribution is -2.18. The van der Waals surface area contributed by atoms with Crippen LogP contribution in [-0.4, -0.2) is 28.8 Å². The Kier molecular flexibility index (Phi) is 5.45. The SMILES string of the molecule is CCOc1cc(C=NNC(=O)c2ccccc2[N+](=O)[O-])ccc1O. The smallest absolute Gasteiger partial charge is 0.282 e. The highest BCUT2D eigenvalue weighted by Gasteiger charge is 2.18. The molecule has 0 aliphatic carbocycles. The van der Waals surface area contributed by atoms with Gasteiger partial charge in [-0.25, -0.2) is 5.43 Å². The van der Waals surface area contributed by atoms with Crippen LogP contribution < -0.4 is 10.2 Å². The van der Waals surface area contributed by atoms with Gasteiger partial charge < -0.3 is 9.84 Å². The van der Waals surface area contributed by atoms with E-state index in [4.69, 9.17) is 4.74 Å². The average Bonchev–Trinajstić information content (AvgIpc) is 2.57. The molecule has 0 saturated heterocycles. The number of para-hydroxylation sites is 1. The Morgan fingerprint density at radius 2 is 2.12 bits per heavy atom. The van der Waals surface area contributed by atoms with Crippen LogP contribution >= 0.6 is 0 Å². The molecule has 8 nitrogen and oxygen atoms in total. The maximum Gasteiger partial charge on any atom is 0.282 e. The Morgan fingerprint density at radius 3 is 2.83 bits per heavy atom. The number of benzene rings is 2. The summed E-state index contributed by atoms with van der Waals surface area (Å²) in [7, 11) is 0. The van der Waals surface area contributed by atoms with Gasteiger partial charge in [0.1, 0.15) is 5.56 Å². The second-order valence-corrected chi connectivity index (χ2v) is 4.63. The summed E-state index contributed by atoms with van der Waals surface area (Å²) in [5.41, 5.74) is 2.43. The lowest BCUT2D eigenvalue weighted by Gasteiger charge is -2.06. The van der Waals surface area contributed by atoms with Crippen molar-refractivity contribution in [2.45, 2.75) is 6.92 Å². The molecule has 0 spiro atoms. The predicted molar refractivity (Wildman–Crippen MR) is 87.4 cm³/mol. The summed E-state index contributed by atoms with van der Waals surface area (Å²) in [6.45, 7) is 2.18. The molecular weight excluding hydrogens is 314 g/mol. The standard InChI is InChI=1S/C16H15N3O5/c1-2-24-15-9-11(7-8-14(15)20)10-17-18-16(21)12-5-3-4-6-13(12)19(22)23/h3-10,20H,2H2,1H3,(H,18,21). The molecular formula is C16H15N3O5. The van der Waals surface area contributed by atoms with E-state index in [0.29, 0.717) is 17.9 Å². The van der Waals surface area contributed by atoms with E-state index in [1.165, 1.54) is 36.5 Å². The van der Waals surface area contributed by atoms with Gasteiger partial charge in [-0.1, -0.05) is 12.1 Å². The normalized spacial score (nSPS) is 10.5. The minimum absolute atomic E-state index is 0.00190. The van der Waals surface area contributed by atoms with Crippen molar-refractivity contribution in [3.05, 3.63) is 63.7 Å². The Bertz CT molecular complexity index is 789. The van der Waals surface area contributed by atoms with E-state index >= 15 is 0 Å². The zero-order valence-electron chi connectivity index (χ0n) is 12.8. The third kappa shape index (κ3) is 4.07. The highest BCUT2D eigenvalue weighted by atomic mass is 16.6. The molecule has 24 heavy (non-hydrogen) atoms. The number of nitro groups is 1. The van der Waals surface area contributed by atoms with Gasteiger partial charge in [0.25, 0.3) is 11.6 Å². The van der Waals surface area contributed by atoms with E-state index in [9.17, 15) is 20.0 Å². The van der Waals surface area contributed by atoms with Crippen molar-refractivity contribution >= 4 is 17.8 Å². The van der Waals surface area contributed by atoms with Crippen molar-refractivity contribution in [2.24, 2.45) is 5.10 Å². The van der Waals surface area contributed by atoms with E-state index in [1.807, 2.05) is 0 Å². The number of nitrogens with one attached hydrogen (secondary N) is 1. The zero-order valence-corrected chi connectivity index (χ0v) is 12.8. The first kappa shape index (κ1) is 16.9. The first-order chi connectivity index (χ1) is 11.5. The van der Waals surface area contributed by atoms with Crippen LogP contribution in [0, 0.1) is 10.1 Å². The summed E-state index contributed by atoms with van der Waals surface area (Å²) in [4.78, 5) is 22.3. The number of carbonyl (C=O) groups is 1. The topological polar surface area (TPSA) is 114 Å². The van der Waals surface area contributed by atoms with Crippen LogP contribution in [0.2, 0.25) is 0 Å². The molecule has 2 rings (SSSR count). The van der Waals surface area contributed by atoms with Crippen LogP contribution in [0.25, 0.3) is 0 Å². The number of ether oxygens (including phenoxy) is 1. The van der Waals surface area contributed by atoms with Crippen molar-refractivity contribution < 1.29 is 19.6 Å². The van der Waals surface area contributed by atoms with Crippen molar-refractivity contribution in [3.63, 3.8) is 0 Å². The van der Waals surface area contributed by atoms with E-state index in [0.717, 1.165) is 0 Å². The first-order valence-corrected chi connectivity index (χ1v) is 7.05. The molecule has 124 valence electrons. The number of rotatable bonds is 6. The van der Waals surface area contributed by atoms with Crippen molar-refractivity contribution in [2.75, 3.05) is 6.61 Å². The zero-order chi connectivity index (χ0) is 17.5. The summed E-state index contributed by atoms with van der Waals surface area (Å²) < 4.78 is 5.24. The van der Waals surface area contributed by atoms with E-state index in [-0.39, 0.29) is 17.0 Å². The highest BCUT2D eigenvalue weighted by molar-refractivity contribution is 5.98. The lowest BCUT2D eigenvalue weighted by atomic mass is 10.2. The lowest BCUT2D eigenvalue weighted by molar-refractivity contribution is -0.385. The molecule has 0 unspecified atom stereocenters. The van der Waals surface area contributed by atoms with Gasteiger partial charge in [0.15, 0.2) is 11.5 Å². The van der Waals surface area contributed by atoms with Crippen LogP contribution in [0.3, 0.4) is 0 Å². The van der Waals surface area contributed by atoms with Crippen LogP contribution in [0.15, 0.2) is 47.6 Å². The number of amides is 1. The molecule has 2 aromatic rings. The second-order valence-electron chi connectivity index (χ2n) is 4.63. The minimum Gasteiger partial charge on any atom is -0.504 e. The Labute approximate surface area is 137 Å². The third-order valence-electron chi connectivity index (χ3n) is 3.01. The number of nitrogens with zero attached hydrogens (tertiary/aromatic N) is 2. The number of hydrazone groups is 1. The van der Waals surface area contributed by atoms with Gasteiger partial charge >= 0.3 is 0 Å². The molecule has 0 fully saturated rings. The molecule has 0 saturated carbocycles. The van der Waals surface area contributed by atoms with Gasteiger partial charge in [-0.15, -0.1) is 0 Å². The summed E-state index contributed by atoms with van der Waals surface area (Å²) in [6, 6.07) is 10.2. The molecule has 0 aliphatic rings. The maximum absolute atomic E-state index is 12.0. The van der Waals surface area contributed by atoms with Gasteiger partial charge in [0, 0.05) is 6.07 Å². The largest absolute Gasteiger partial charge is 0.504 e. The number of hydrogen-bond donors (Lipinski definition) is 2. The summed E-state index contributed by atoms with van der Waals surface area (Å²) in [5, 5.41) is 24.3. The molecule has 0 aromatic heterocycles. The monoisotopic (exact) mass is 329 g/mol. The number of carbonyl (C=O) groups excluding carboxylic acids is 1. The fraction of sp³-hybridized carbons (Fsp3) is 0.125. The molecule has 0 radical (unpaired) electrons. The van der Waals surface area contributed by atoms with Gasteiger partial charge in [0.2, 0.25) is 0 Å². The molecule has 0 heterocycles. The fourth-order valence-corrected chi connectivity index (χ4v) is 1.93. The maximum atomic E-state index is 12.0.